The van der Waals surface area contributed by atoms with Gasteiger partial charge >= 0.3 is 5.97 Å². The van der Waals surface area contributed by atoms with Crippen LogP contribution in [0.2, 0.25) is 0 Å². The van der Waals surface area contributed by atoms with E-state index < -0.39 is 11.4 Å². The number of carboxylic acids is 1. The predicted molar refractivity (Wildman–Crippen MR) is 75.8 cm³/mol. The first-order valence-corrected chi connectivity index (χ1v) is 7.30. The zero-order valence-corrected chi connectivity index (χ0v) is 11.8. The van der Waals surface area contributed by atoms with Crippen LogP contribution in [-0.2, 0) is 20.7 Å². The first-order chi connectivity index (χ1) is 10.1. The van der Waals surface area contributed by atoms with Crippen molar-refractivity contribution < 1.29 is 19.4 Å². The zero-order chi connectivity index (χ0) is 14.9. The van der Waals surface area contributed by atoms with Crippen LogP contribution in [-0.4, -0.2) is 30.1 Å². The third-order valence-electron chi connectivity index (χ3n) is 4.39. The highest BCUT2D eigenvalue weighted by molar-refractivity contribution is 5.81. The Morgan fingerprint density at radius 2 is 2.10 bits per heavy atom. The standard InChI is InChI=1S/C16H19NO4/c18-14(17-10-16(6-7-16)15(19)20)9-13-12-4-2-1-3-11(12)5-8-21-13/h1-4,13H,5-10H2,(H,17,18)(H,19,20). The minimum Gasteiger partial charge on any atom is -0.481 e. The number of aliphatic carboxylic acids is 1. The fourth-order valence-corrected chi connectivity index (χ4v) is 2.77. The first-order valence-electron chi connectivity index (χ1n) is 7.30. The molecule has 21 heavy (non-hydrogen) atoms. The largest absolute Gasteiger partial charge is 0.481 e. The van der Waals surface area contributed by atoms with Crippen molar-refractivity contribution in [1.29, 1.82) is 0 Å². The molecular formula is C16H19NO4. The van der Waals surface area contributed by atoms with Gasteiger partial charge in [-0.2, -0.15) is 0 Å². The van der Waals surface area contributed by atoms with Crippen molar-refractivity contribution in [3.05, 3.63) is 35.4 Å². The van der Waals surface area contributed by atoms with E-state index in [2.05, 4.69) is 11.4 Å². The highest BCUT2D eigenvalue weighted by Crippen LogP contribution is 2.45. The Morgan fingerprint density at radius 1 is 1.33 bits per heavy atom. The molecule has 0 spiro atoms. The summed E-state index contributed by atoms with van der Waals surface area (Å²) >= 11 is 0. The molecule has 1 heterocycles. The van der Waals surface area contributed by atoms with E-state index in [0.29, 0.717) is 19.4 Å². The fraction of sp³-hybridized carbons (Fsp3) is 0.500. The second kappa shape index (κ2) is 5.48. The molecule has 5 nitrogen and oxygen atoms in total. The lowest BCUT2D eigenvalue weighted by molar-refractivity contribution is -0.143. The van der Waals surface area contributed by atoms with Crippen LogP contribution < -0.4 is 5.32 Å². The summed E-state index contributed by atoms with van der Waals surface area (Å²) in [6.07, 6.45) is 2.18. The van der Waals surface area contributed by atoms with Crippen LogP contribution >= 0.6 is 0 Å². The van der Waals surface area contributed by atoms with Gasteiger partial charge in [0.2, 0.25) is 5.91 Å². The normalized spacial score (nSPS) is 22.2. The molecule has 1 unspecified atom stereocenters. The third kappa shape index (κ3) is 2.93. The number of benzene rings is 1. The SMILES string of the molecule is O=C(CC1OCCc2ccccc21)NCC1(C(=O)O)CC1. The predicted octanol–water partition coefficient (Wildman–Crippen LogP) is 1.67. The monoisotopic (exact) mass is 289 g/mol. The van der Waals surface area contributed by atoms with E-state index in [1.165, 1.54) is 5.56 Å². The molecule has 3 rings (SSSR count). The van der Waals surface area contributed by atoms with Crippen molar-refractivity contribution in [3.8, 4) is 0 Å². The lowest BCUT2D eigenvalue weighted by atomic mass is 9.95. The van der Waals surface area contributed by atoms with Crippen LogP contribution in [0, 0.1) is 5.41 Å². The molecule has 0 saturated heterocycles. The van der Waals surface area contributed by atoms with Gasteiger partial charge in [-0.3, -0.25) is 9.59 Å². The van der Waals surface area contributed by atoms with Gasteiger partial charge in [0.15, 0.2) is 0 Å². The molecule has 1 saturated carbocycles. The zero-order valence-electron chi connectivity index (χ0n) is 11.8. The van der Waals surface area contributed by atoms with E-state index >= 15 is 0 Å². The highest BCUT2D eigenvalue weighted by atomic mass is 16.5. The number of carbonyl (C=O) groups is 2. The van der Waals surface area contributed by atoms with Gasteiger partial charge in [-0.1, -0.05) is 24.3 Å². The highest BCUT2D eigenvalue weighted by Gasteiger charge is 2.50. The number of nitrogens with one attached hydrogen (secondary N) is 1. The molecule has 112 valence electrons. The van der Waals surface area contributed by atoms with Gasteiger partial charge in [0.05, 0.1) is 24.5 Å². The molecule has 0 radical (unpaired) electrons. The summed E-state index contributed by atoms with van der Waals surface area (Å²) in [4.78, 5) is 23.1. The van der Waals surface area contributed by atoms with Crippen LogP contribution in [0.25, 0.3) is 0 Å². The van der Waals surface area contributed by atoms with E-state index in [0.717, 1.165) is 12.0 Å². The van der Waals surface area contributed by atoms with Crippen LogP contribution in [0.4, 0.5) is 0 Å². The number of ether oxygens (including phenoxy) is 1. The molecule has 1 atom stereocenters. The van der Waals surface area contributed by atoms with E-state index in [1.807, 2.05) is 18.2 Å². The molecule has 2 aliphatic rings. The van der Waals surface area contributed by atoms with E-state index in [4.69, 9.17) is 9.84 Å². The Labute approximate surface area is 123 Å². The minimum absolute atomic E-state index is 0.149. The molecule has 2 N–H and O–H groups in total. The fourth-order valence-electron chi connectivity index (χ4n) is 2.77. The Bertz CT molecular complexity index is 565. The number of hydrogen-bond acceptors (Lipinski definition) is 3. The van der Waals surface area contributed by atoms with Crippen molar-refractivity contribution in [2.45, 2.75) is 31.8 Å². The summed E-state index contributed by atoms with van der Waals surface area (Å²) in [5.74, 6) is -0.966. The summed E-state index contributed by atoms with van der Waals surface area (Å²) in [6.45, 7) is 0.837. The van der Waals surface area contributed by atoms with E-state index in [1.54, 1.807) is 0 Å². The van der Waals surface area contributed by atoms with Crippen LogP contribution in [0.3, 0.4) is 0 Å². The number of carboxylic acid groups (broad SMARTS) is 1. The Balaban J connectivity index is 1.58. The number of rotatable bonds is 5. The smallest absolute Gasteiger partial charge is 0.311 e. The maximum Gasteiger partial charge on any atom is 0.311 e. The first kappa shape index (κ1) is 14.1. The lowest BCUT2D eigenvalue weighted by Gasteiger charge is -2.25. The molecular weight excluding hydrogens is 270 g/mol. The molecule has 1 fully saturated rings. The molecule has 5 heteroatoms. The Hall–Kier alpha value is -1.88. The van der Waals surface area contributed by atoms with Gasteiger partial charge in [0.25, 0.3) is 0 Å². The van der Waals surface area contributed by atoms with E-state index in [-0.39, 0.29) is 25.0 Å². The summed E-state index contributed by atoms with van der Waals surface area (Å²) in [6, 6.07) is 7.99. The Kier molecular flexibility index (Phi) is 3.68. The van der Waals surface area contributed by atoms with Gasteiger partial charge < -0.3 is 15.2 Å². The number of fused-ring (bicyclic) bond motifs is 1. The molecule has 1 aliphatic carbocycles. The second-order valence-corrected chi connectivity index (χ2v) is 5.87. The maximum absolute atomic E-state index is 12.0. The van der Waals surface area contributed by atoms with Crippen LogP contribution in [0.5, 0.6) is 0 Å². The van der Waals surface area contributed by atoms with Crippen molar-refractivity contribution in [1.82, 2.24) is 5.32 Å². The minimum atomic E-state index is -0.818. The molecule has 1 aromatic rings. The third-order valence-corrected chi connectivity index (χ3v) is 4.39. The van der Waals surface area contributed by atoms with Crippen molar-refractivity contribution in [3.63, 3.8) is 0 Å². The molecule has 0 aromatic heterocycles. The van der Waals surface area contributed by atoms with Gasteiger partial charge in [-0.05, 0) is 30.4 Å². The Morgan fingerprint density at radius 3 is 2.81 bits per heavy atom. The number of carbonyl (C=O) groups excluding carboxylic acids is 1. The van der Waals surface area contributed by atoms with Crippen molar-refractivity contribution in [2.75, 3.05) is 13.2 Å². The van der Waals surface area contributed by atoms with Gasteiger partial charge in [-0.15, -0.1) is 0 Å². The summed E-state index contributed by atoms with van der Waals surface area (Å²) in [5.41, 5.74) is 1.57. The average molecular weight is 289 g/mol. The lowest BCUT2D eigenvalue weighted by Crippen LogP contribution is -2.35. The quantitative estimate of drug-likeness (QED) is 0.864. The number of hydrogen-bond donors (Lipinski definition) is 2. The molecule has 1 aromatic carbocycles. The van der Waals surface area contributed by atoms with Gasteiger partial charge in [0, 0.05) is 6.54 Å². The molecule has 1 aliphatic heterocycles. The van der Waals surface area contributed by atoms with Crippen molar-refractivity contribution in [2.24, 2.45) is 5.41 Å². The molecule has 0 bridgehead atoms. The summed E-state index contributed by atoms with van der Waals surface area (Å²) < 4.78 is 5.69. The maximum atomic E-state index is 12.0. The van der Waals surface area contributed by atoms with Crippen molar-refractivity contribution >= 4 is 11.9 Å². The van der Waals surface area contributed by atoms with Gasteiger partial charge in [0.1, 0.15) is 0 Å². The van der Waals surface area contributed by atoms with Gasteiger partial charge in [-0.25, -0.2) is 0 Å². The van der Waals surface area contributed by atoms with Crippen LogP contribution in [0.1, 0.15) is 36.5 Å². The second-order valence-electron chi connectivity index (χ2n) is 5.87. The summed E-state index contributed by atoms with van der Waals surface area (Å²) in [5, 5.41) is 11.8. The van der Waals surface area contributed by atoms with Crippen LogP contribution in [0.15, 0.2) is 24.3 Å². The molecule has 1 amide bonds. The number of amides is 1. The summed E-state index contributed by atoms with van der Waals surface area (Å²) in [7, 11) is 0. The van der Waals surface area contributed by atoms with E-state index in [9.17, 15) is 9.59 Å². The topological polar surface area (TPSA) is 75.6 Å². The average Bonchev–Trinajstić information content (AvgIpc) is 3.27.